The van der Waals surface area contributed by atoms with Gasteiger partial charge in [-0.05, 0) is 13.8 Å². The lowest BCUT2D eigenvalue weighted by molar-refractivity contribution is -0.132. The van der Waals surface area contributed by atoms with Crippen LogP contribution in [0, 0.1) is 0 Å². The van der Waals surface area contributed by atoms with Crippen LogP contribution < -0.4 is 5.73 Å². The third-order valence-corrected chi connectivity index (χ3v) is 0.850. The predicted octanol–water partition coefficient (Wildman–Crippen LogP) is 0.365. The number of carboxylic acid groups (broad SMARTS) is 1. The number of carbonyl (C=O) groups is 1. The minimum Gasteiger partial charge on any atom is -0.478 e. The second-order valence-electron chi connectivity index (χ2n) is 2.01. The van der Waals surface area contributed by atoms with Crippen molar-refractivity contribution in [3.05, 3.63) is 11.6 Å². The standard InChI is InChI=1S/C6H11NO2/c1-4(6(8)9)3-5(2)7/h3,5H,7H2,1-2H3,(H,8,9)/b4-3+. The molecule has 3 N–H and O–H groups in total. The fourth-order valence-corrected chi connectivity index (χ4v) is 0.466. The average molecular weight is 129 g/mol. The quantitative estimate of drug-likeness (QED) is 0.529. The van der Waals surface area contributed by atoms with E-state index in [1.165, 1.54) is 13.0 Å². The fourth-order valence-electron chi connectivity index (χ4n) is 0.466. The van der Waals surface area contributed by atoms with E-state index in [0.717, 1.165) is 0 Å². The first-order valence-corrected chi connectivity index (χ1v) is 2.71. The first kappa shape index (κ1) is 8.17. The first-order valence-electron chi connectivity index (χ1n) is 2.71. The van der Waals surface area contributed by atoms with E-state index in [0.29, 0.717) is 5.57 Å². The van der Waals surface area contributed by atoms with Gasteiger partial charge in [-0.3, -0.25) is 0 Å². The maximum atomic E-state index is 10.1. The second kappa shape index (κ2) is 3.25. The van der Waals surface area contributed by atoms with E-state index >= 15 is 0 Å². The number of carboxylic acids is 1. The Hall–Kier alpha value is -0.830. The fraction of sp³-hybridized carbons (Fsp3) is 0.500. The molecule has 52 valence electrons. The summed E-state index contributed by atoms with van der Waals surface area (Å²) in [6, 6.07) is -0.180. The molecule has 0 aliphatic carbocycles. The van der Waals surface area contributed by atoms with Gasteiger partial charge in [0.2, 0.25) is 0 Å². The van der Waals surface area contributed by atoms with E-state index in [1.54, 1.807) is 6.92 Å². The number of aliphatic carboxylic acids is 1. The molecule has 9 heavy (non-hydrogen) atoms. The largest absolute Gasteiger partial charge is 0.478 e. The van der Waals surface area contributed by atoms with Crippen molar-refractivity contribution in [2.45, 2.75) is 19.9 Å². The van der Waals surface area contributed by atoms with Crippen LogP contribution in [0.4, 0.5) is 0 Å². The zero-order valence-electron chi connectivity index (χ0n) is 5.59. The summed E-state index contributed by atoms with van der Waals surface area (Å²) in [5.74, 6) is -0.910. The van der Waals surface area contributed by atoms with Gasteiger partial charge in [0.1, 0.15) is 0 Å². The molecule has 0 aromatic rings. The normalized spacial score (nSPS) is 15.2. The van der Waals surface area contributed by atoms with E-state index in [-0.39, 0.29) is 6.04 Å². The van der Waals surface area contributed by atoms with Crippen molar-refractivity contribution in [3.8, 4) is 0 Å². The Kier molecular flexibility index (Phi) is 2.95. The van der Waals surface area contributed by atoms with Gasteiger partial charge in [-0.2, -0.15) is 0 Å². The molecule has 0 rings (SSSR count). The van der Waals surface area contributed by atoms with Gasteiger partial charge in [-0.1, -0.05) is 6.08 Å². The lowest BCUT2D eigenvalue weighted by atomic mass is 10.2. The van der Waals surface area contributed by atoms with E-state index < -0.39 is 5.97 Å². The molecular weight excluding hydrogens is 118 g/mol. The zero-order valence-corrected chi connectivity index (χ0v) is 5.59. The zero-order chi connectivity index (χ0) is 7.44. The van der Waals surface area contributed by atoms with Gasteiger partial charge in [-0.25, -0.2) is 4.79 Å². The Morgan fingerprint density at radius 3 is 2.33 bits per heavy atom. The monoisotopic (exact) mass is 129 g/mol. The van der Waals surface area contributed by atoms with Gasteiger partial charge in [0.05, 0.1) is 0 Å². The van der Waals surface area contributed by atoms with Gasteiger partial charge in [0.15, 0.2) is 0 Å². The molecule has 0 amide bonds. The number of hydrogen-bond donors (Lipinski definition) is 2. The molecule has 0 saturated carbocycles. The van der Waals surface area contributed by atoms with Crippen LogP contribution in [0.5, 0.6) is 0 Å². The van der Waals surface area contributed by atoms with Gasteiger partial charge >= 0.3 is 5.97 Å². The summed E-state index contributed by atoms with van der Waals surface area (Å²) in [6.45, 7) is 3.25. The molecular formula is C6H11NO2. The van der Waals surface area contributed by atoms with Crippen molar-refractivity contribution in [1.82, 2.24) is 0 Å². The molecule has 0 aliphatic heterocycles. The maximum absolute atomic E-state index is 10.1. The molecule has 0 spiro atoms. The van der Waals surface area contributed by atoms with Crippen LogP contribution >= 0.6 is 0 Å². The highest BCUT2D eigenvalue weighted by atomic mass is 16.4. The van der Waals surface area contributed by atoms with Gasteiger partial charge in [0, 0.05) is 11.6 Å². The maximum Gasteiger partial charge on any atom is 0.331 e. The van der Waals surface area contributed by atoms with Crippen molar-refractivity contribution in [1.29, 1.82) is 0 Å². The minimum atomic E-state index is -0.910. The van der Waals surface area contributed by atoms with Crippen LogP contribution in [0.2, 0.25) is 0 Å². The minimum absolute atomic E-state index is 0.180. The summed E-state index contributed by atoms with van der Waals surface area (Å²) in [5.41, 5.74) is 5.59. The van der Waals surface area contributed by atoms with Crippen molar-refractivity contribution < 1.29 is 9.90 Å². The van der Waals surface area contributed by atoms with Crippen molar-refractivity contribution in [3.63, 3.8) is 0 Å². The van der Waals surface area contributed by atoms with E-state index in [9.17, 15) is 4.79 Å². The molecule has 0 heterocycles. The Labute approximate surface area is 54.2 Å². The molecule has 0 radical (unpaired) electrons. The summed E-state index contributed by atoms with van der Waals surface area (Å²) in [4.78, 5) is 10.1. The molecule has 0 fully saturated rings. The third-order valence-electron chi connectivity index (χ3n) is 0.850. The molecule has 3 heteroatoms. The molecule has 1 atom stereocenters. The predicted molar refractivity (Wildman–Crippen MR) is 35.0 cm³/mol. The summed E-state index contributed by atoms with van der Waals surface area (Å²) < 4.78 is 0. The first-order chi connectivity index (χ1) is 4.04. The Morgan fingerprint density at radius 2 is 2.22 bits per heavy atom. The third kappa shape index (κ3) is 3.73. The molecule has 0 aromatic carbocycles. The summed E-state index contributed by atoms with van der Waals surface area (Å²) in [5, 5.41) is 8.31. The van der Waals surface area contributed by atoms with Crippen LogP contribution in [0.1, 0.15) is 13.8 Å². The molecule has 3 nitrogen and oxygen atoms in total. The van der Waals surface area contributed by atoms with Crippen LogP contribution in [0.3, 0.4) is 0 Å². The Morgan fingerprint density at radius 1 is 1.78 bits per heavy atom. The van der Waals surface area contributed by atoms with Crippen molar-refractivity contribution in [2.75, 3.05) is 0 Å². The van der Waals surface area contributed by atoms with E-state index in [2.05, 4.69) is 0 Å². The average Bonchev–Trinajstić information content (AvgIpc) is 1.63. The topological polar surface area (TPSA) is 63.3 Å². The second-order valence-corrected chi connectivity index (χ2v) is 2.01. The Bertz CT molecular complexity index is 138. The van der Waals surface area contributed by atoms with Crippen molar-refractivity contribution in [2.24, 2.45) is 5.73 Å². The Balaban J connectivity index is 4.00. The van der Waals surface area contributed by atoms with Crippen LogP contribution in [0.15, 0.2) is 11.6 Å². The number of nitrogens with two attached hydrogens (primary N) is 1. The molecule has 0 saturated heterocycles. The van der Waals surface area contributed by atoms with Crippen LogP contribution in [-0.4, -0.2) is 17.1 Å². The van der Waals surface area contributed by atoms with E-state index in [4.69, 9.17) is 10.8 Å². The smallest absolute Gasteiger partial charge is 0.331 e. The molecule has 0 bridgehead atoms. The van der Waals surface area contributed by atoms with Crippen molar-refractivity contribution >= 4 is 5.97 Å². The highest BCUT2D eigenvalue weighted by molar-refractivity contribution is 5.85. The van der Waals surface area contributed by atoms with Gasteiger partial charge < -0.3 is 10.8 Å². The van der Waals surface area contributed by atoms with E-state index in [1.807, 2.05) is 0 Å². The van der Waals surface area contributed by atoms with Crippen LogP contribution in [-0.2, 0) is 4.79 Å². The van der Waals surface area contributed by atoms with Crippen LogP contribution in [0.25, 0.3) is 0 Å². The highest BCUT2D eigenvalue weighted by Crippen LogP contribution is 1.92. The highest BCUT2D eigenvalue weighted by Gasteiger charge is 1.98. The summed E-state index contributed by atoms with van der Waals surface area (Å²) >= 11 is 0. The summed E-state index contributed by atoms with van der Waals surface area (Å²) in [6.07, 6.45) is 1.50. The molecule has 1 unspecified atom stereocenters. The van der Waals surface area contributed by atoms with Gasteiger partial charge in [0.25, 0.3) is 0 Å². The number of rotatable bonds is 2. The lowest BCUT2D eigenvalue weighted by Crippen LogP contribution is -2.13. The van der Waals surface area contributed by atoms with Gasteiger partial charge in [-0.15, -0.1) is 0 Å². The SMILES string of the molecule is C/C(=C\C(C)N)C(=O)O. The summed E-state index contributed by atoms with van der Waals surface area (Å²) in [7, 11) is 0. The molecule has 0 aromatic heterocycles. The molecule has 0 aliphatic rings. The number of hydrogen-bond acceptors (Lipinski definition) is 2. The lowest BCUT2D eigenvalue weighted by Gasteiger charge is -1.95.